The molecule has 0 fully saturated rings. The SMILES string of the molecule is CCOc1ccc(-c2ccc(=O)n(CCNC(=O)c3ccc4nc[nH]c4c3)n2)cc1. The molecule has 2 aromatic carbocycles. The normalized spacial score (nSPS) is 10.8. The molecular weight excluding hydrogens is 382 g/mol. The highest BCUT2D eigenvalue weighted by atomic mass is 16.5. The highest BCUT2D eigenvalue weighted by Gasteiger charge is 2.08. The summed E-state index contributed by atoms with van der Waals surface area (Å²) in [5.74, 6) is 0.563. The van der Waals surface area contributed by atoms with Crippen LogP contribution in [0.3, 0.4) is 0 Å². The van der Waals surface area contributed by atoms with E-state index in [0.717, 1.165) is 22.3 Å². The molecular formula is C22H21N5O3. The first-order valence-electron chi connectivity index (χ1n) is 9.67. The van der Waals surface area contributed by atoms with Gasteiger partial charge in [0.1, 0.15) is 5.75 Å². The highest BCUT2D eigenvalue weighted by Crippen LogP contribution is 2.19. The zero-order valence-electron chi connectivity index (χ0n) is 16.5. The second-order valence-corrected chi connectivity index (χ2v) is 6.63. The molecule has 0 aliphatic rings. The van der Waals surface area contributed by atoms with Crippen molar-refractivity contribution in [3.8, 4) is 17.0 Å². The average Bonchev–Trinajstić information content (AvgIpc) is 3.24. The molecule has 2 aromatic heterocycles. The quantitative estimate of drug-likeness (QED) is 0.494. The summed E-state index contributed by atoms with van der Waals surface area (Å²) < 4.78 is 6.80. The van der Waals surface area contributed by atoms with Crippen LogP contribution in [0.1, 0.15) is 17.3 Å². The number of imidazole rings is 1. The van der Waals surface area contributed by atoms with Crippen molar-refractivity contribution in [2.45, 2.75) is 13.5 Å². The van der Waals surface area contributed by atoms with Gasteiger partial charge in [-0.3, -0.25) is 9.59 Å². The minimum atomic E-state index is -0.224. The Bertz CT molecular complexity index is 1230. The summed E-state index contributed by atoms with van der Waals surface area (Å²) in [6, 6.07) is 15.9. The van der Waals surface area contributed by atoms with Gasteiger partial charge in [0.2, 0.25) is 0 Å². The van der Waals surface area contributed by atoms with Crippen molar-refractivity contribution < 1.29 is 9.53 Å². The molecule has 0 atom stereocenters. The van der Waals surface area contributed by atoms with Gasteiger partial charge in [-0.05, 0) is 55.5 Å². The van der Waals surface area contributed by atoms with Gasteiger partial charge in [0.25, 0.3) is 11.5 Å². The number of hydrogen-bond acceptors (Lipinski definition) is 5. The van der Waals surface area contributed by atoms with Crippen LogP contribution >= 0.6 is 0 Å². The fourth-order valence-corrected chi connectivity index (χ4v) is 3.11. The van der Waals surface area contributed by atoms with E-state index in [9.17, 15) is 9.59 Å². The number of H-pyrrole nitrogens is 1. The molecule has 0 saturated carbocycles. The van der Waals surface area contributed by atoms with Gasteiger partial charge >= 0.3 is 0 Å². The molecule has 30 heavy (non-hydrogen) atoms. The van der Waals surface area contributed by atoms with Crippen molar-refractivity contribution in [3.63, 3.8) is 0 Å². The second kappa shape index (κ2) is 8.60. The van der Waals surface area contributed by atoms with Crippen molar-refractivity contribution in [1.29, 1.82) is 0 Å². The average molecular weight is 403 g/mol. The van der Waals surface area contributed by atoms with Gasteiger partial charge < -0.3 is 15.0 Å². The Morgan fingerprint density at radius 2 is 1.97 bits per heavy atom. The Kier molecular flexibility index (Phi) is 5.56. The maximum atomic E-state index is 12.4. The summed E-state index contributed by atoms with van der Waals surface area (Å²) >= 11 is 0. The Hall–Kier alpha value is -3.94. The summed E-state index contributed by atoms with van der Waals surface area (Å²) in [5, 5.41) is 7.24. The summed E-state index contributed by atoms with van der Waals surface area (Å²) in [4.78, 5) is 31.7. The van der Waals surface area contributed by atoms with Gasteiger partial charge in [-0.2, -0.15) is 5.10 Å². The van der Waals surface area contributed by atoms with Crippen LogP contribution in [0.15, 0.2) is 65.7 Å². The van der Waals surface area contributed by atoms with Gasteiger partial charge in [0.05, 0.1) is 36.2 Å². The molecule has 1 amide bonds. The predicted octanol–water partition coefficient (Wildman–Crippen LogP) is 2.62. The number of carbonyl (C=O) groups excluding carboxylic acids is 1. The number of rotatable bonds is 7. The Morgan fingerprint density at radius 1 is 1.13 bits per heavy atom. The minimum Gasteiger partial charge on any atom is -0.494 e. The van der Waals surface area contributed by atoms with E-state index in [0.29, 0.717) is 17.9 Å². The van der Waals surface area contributed by atoms with Crippen molar-refractivity contribution in [1.82, 2.24) is 25.1 Å². The molecule has 0 spiro atoms. The lowest BCUT2D eigenvalue weighted by molar-refractivity contribution is 0.0952. The van der Waals surface area contributed by atoms with Crippen molar-refractivity contribution in [2.75, 3.05) is 13.2 Å². The highest BCUT2D eigenvalue weighted by molar-refractivity contribution is 5.97. The maximum absolute atomic E-state index is 12.4. The number of aromatic nitrogens is 4. The van der Waals surface area contributed by atoms with Crippen molar-refractivity contribution >= 4 is 16.9 Å². The van der Waals surface area contributed by atoms with Crippen molar-refractivity contribution in [3.05, 3.63) is 76.8 Å². The standard InChI is InChI=1S/C22H21N5O3/c1-2-30-17-6-3-15(4-7-17)18-9-10-21(28)27(26-18)12-11-23-22(29)16-5-8-19-20(13-16)25-14-24-19/h3-10,13-14H,2,11-12H2,1H3,(H,23,29)(H,24,25). The lowest BCUT2D eigenvalue weighted by Gasteiger charge is -2.09. The first kappa shape index (κ1) is 19.4. The fourth-order valence-electron chi connectivity index (χ4n) is 3.11. The largest absolute Gasteiger partial charge is 0.494 e. The molecule has 2 N–H and O–H groups in total. The van der Waals surface area contributed by atoms with Gasteiger partial charge in [0.15, 0.2) is 0 Å². The van der Waals surface area contributed by atoms with Crippen LogP contribution in [0.2, 0.25) is 0 Å². The Labute approximate surface area is 172 Å². The van der Waals surface area contributed by atoms with E-state index in [-0.39, 0.29) is 24.6 Å². The Morgan fingerprint density at radius 3 is 2.77 bits per heavy atom. The number of hydrogen-bond donors (Lipinski definition) is 2. The zero-order valence-corrected chi connectivity index (χ0v) is 16.5. The summed E-state index contributed by atoms with van der Waals surface area (Å²) in [6.07, 6.45) is 1.59. The first-order chi connectivity index (χ1) is 14.6. The Balaban J connectivity index is 1.42. The number of amides is 1. The number of nitrogens with one attached hydrogen (secondary N) is 2. The molecule has 0 bridgehead atoms. The summed E-state index contributed by atoms with van der Waals surface area (Å²) in [5.41, 5.74) is 3.45. The van der Waals surface area contributed by atoms with E-state index in [4.69, 9.17) is 4.74 Å². The fraction of sp³-hybridized carbons (Fsp3) is 0.182. The number of fused-ring (bicyclic) bond motifs is 1. The number of nitrogens with zero attached hydrogens (tertiary/aromatic N) is 3. The van der Waals surface area contributed by atoms with Gasteiger partial charge in [-0.1, -0.05) is 0 Å². The van der Waals surface area contributed by atoms with E-state index in [2.05, 4.69) is 20.4 Å². The lowest BCUT2D eigenvalue weighted by atomic mass is 10.1. The van der Waals surface area contributed by atoms with Gasteiger partial charge in [0, 0.05) is 23.7 Å². The van der Waals surface area contributed by atoms with E-state index < -0.39 is 0 Å². The van der Waals surface area contributed by atoms with Gasteiger partial charge in [-0.25, -0.2) is 9.67 Å². The van der Waals surface area contributed by atoms with E-state index in [1.807, 2.05) is 31.2 Å². The number of benzene rings is 2. The molecule has 2 heterocycles. The molecule has 0 radical (unpaired) electrons. The summed E-state index contributed by atoms with van der Waals surface area (Å²) in [7, 11) is 0. The maximum Gasteiger partial charge on any atom is 0.266 e. The molecule has 0 unspecified atom stereocenters. The molecule has 0 aliphatic heterocycles. The topological polar surface area (TPSA) is 102 Å². The van der Waals surface area contributed by atoms with Crippen LogP contribution in [0.4, 0.5) is 0 Å². The third-order valence-corrected chi connectivity index (χ3v) is 4.62. The smallest absolute Gasteiger partial charge is 0.266 e. The molecule has 152 valence electrons. The third kappa shape index (κ3) is 4.22. The second-order valence-electron chi connectivity index (χ2n) is 6.63. The summed E-state index contributed by atoms with van der Waals surface area (Å²) in [6.45, 7) is 3.07. The van der Waals surface area contributed by atoms with Crippen LogP contribution in [-0.2, 0) is 6.54 Å². The lowest BCUT2D eigenvalue weighted by Crippen LogP contribution is -2.31. The van der Waals surface area contributed by atoms with Crippen LogP contribution in [0, 0.1) is 0 Å². The third-order valence-electron chi connectivity index (χ3n) is 4.62. The number of ether oxygens (including phenoxy) is 1. The molecule has 8 nitrogen and oxygen atoms in total. The number of aromatic amines is 1. The molecule has 4 rings (SSSR count). The van der Waals surface area contributed by atoms with Gasteiger partial charge in [-0.15, -0.1) is 0 Å². The van der Waals surface area contributed by atoms with E-state index >= 15 is 0 Å². The van der Waals surface area contributed by atoms with E-state index in [1.165, 1.54) is 10.7 Å². The molecule has 0 aliphatic carbocycles. The predicted molar refractivity (Wildman–Crippen MR) is 114 cm³/mol. The van der Waals surface area contributed by atoms with Crippen LogP contribution in [0.5, 0.6) is 5.75 Å². The van der Waals surface area contributed by atoms with Crippen LogP contribution in [-0.4, -0.2) is 38.8 Å². The minimum absolute atomic E-state index is 0.220. The number of carbonyl (C=O) groups is 1. The van der Waals surface area contributed by atoms with Crippen LogP contribution < -0.4 is 15.6 Å². The van der Waals surface area contributed by atoms with Crippen LogP contribution in [0.25, 0.3) is 22.3 Å². The zero-order chi connectivity index (χ0) is 20.9. The monoisotopic (exact) mass is 403 g/mol. The van der Waals surface area contributed by atoms with E-state index in [1.54, 1.807) is 30.6 Å². The molecule has 0 saturated heterocycles. The van der Waals surface area contributed by atoms with Crippen molar-refractivity contribution in [2.24, 2.45) is 0 Å². The first-order valence-corrected chi connectivity index (χ1v) is 9.67. The molecule has 4 aromatic rings. The molecule has 8 heteroatoms.